The number of carbonyl (C=O) groups is 1. The normalized spacial score (nSPS) is 10.3. The van der Waals surface area contributed by atoms with Gasteiger partial charge >= 0.3 is 0 Å². The maximum atomic E-state index is 13.0. The van der Waals surface area contributed by atoms with Crippen molar-refractivity contribution in [2.24, 2.45) is 0 Å². The molecule has 1 amide bonds. The minimum atomic E-state index is -0.331. The van der Waals surface area contributed by atoms with Gasteiger partial charge in [-0.15, -0.1) is 0 Å². The smallest absolute Gasteiger partial charge is 0.243 e. The first-order chi connectivity index (χ1) is 6.24. The molecule has 2 nitrogen and oxygen atoms in total. The van der Waals surface area contributed by atoms with Crippen LogP contribution in [0.15, 0.2) is 30.3 Å². The van der Waals surface area contributed by atoms with Gasteiger partial charge in [-0.1, -0.05) is 18.2 Å². The lowest BCUT2D eigenvalue weighted by Crippen LogP contribution is -2.13. The monoisotopic (exact) mass is 179 g/mol. The maximum absolute atomic E-state index is 13.0. The van der Waals surface area contributed by atoms with Crippen molar-refractivity contribution in [1.29, 1.82) is 0 Å². The summed E-state index contributed by atoms with van der Waals surface area (Å²) in [6.07, 6.45) is 2.73. The zero-order chi connectivity index (χ0) is 9.68. The summed E-state index contributed by atoms with van der Waals surface area (Å²) in [4.78, 5) is 10.8. The summed E-state index contributed by atoms with van der Waals surface area (Å²) in [5.74, 6) is -0.578. The highest BCUT2D eigenvalue weighted by Crippen LogP contribution is 2.07. The summed E-state index contributed by atoms with van der Waals surface area (Å²) in [7, 11) is 1.52. The van der Waals surface area contributed by atoms with E-state index in [9.17, 15) is 9.18 Å². The Morgan fingerprint density at radius 1 is 1.46 bits per heavy atom. The number of benzene rings is 1. The summed E-state index contributed by atoms with van der Waals surface area (Å²) in [6, 6.07) is 6.28. The molecular weight excluding hydrogens is 169 g/mol. The number of likely N-dealkylation sites (N-methyl/N-ethyl adjacent to an activating group) is 1. The molecular formula is C10H10FNO. The molecule has 0 atom stereocenters. The molecule has 0 bridgehead atoms. The third kappa shape index (κ3) is 2.71. The van der Waals surface area contributed by atoms with E-state index in [1.54, 1.807) is 18.2 Å². The van der Waals surface area contributed by atoms with E-state index in [2.05, 4.69) is 5.32 Å². The Bertz CT molecular complexity index is 333. The molecule has 0 fully saturated rings. The van der Waals surface area contributed by atoms with Crippen molar-refractivity contribution in [3.05, 3.63) is 41.7 Å². The molecule has 1 aromatic rings. The number of hydrogen-bond acceptors (Lipinski definition) is 1. The van der Waals surface area contributed by atoms with E-state index in [0.717, 1.165) is 0 Å². The van der Waals surface area contributed by atoms with Gasteiger partial charge in [0.1, 0.15) is 5.82 Å². The zero-order valence-corrected chi connectivity index (χ0v) is 7.25. The fraction of sp³-hybridized carbons (Fsp3) is 0.100. The van der Waals surface area contributed by atoms with Crippen LogP contribution in [-0.2, 0) is 4.79 Å². The summed E-state index contributed by atoms with van der Waals surface area (Å²) in [5.41, 5.74) is 0.408. The fourth-order valence-electron chi connectivity index (χ4n) is 0.859. The highest BCUT2D eigenvalue weighted by molar-refractivity contribution is 5.91. The van der Waals surface area contributed by atoms with E-state index in [4.69, 9.17) is 0 Å². The van der Waals surface area contributed by atoms with Gasteiger partial charge in [-0.3, -0.25) is 4.79 Å². The minimum absolute atomic E-state index is 0.247. The predicted molar refractivity (Wildman–Crippen MR) is 49.5 cm³/mol. The first kappa shape index (κ1) is 9.45. The van der Waals surface area contributed by atoms with Crippen LogP contribution in [0.1, 0.15) is 5.56 Å². The van der Waals surface area contributed by atoms with Gasteiger partial charge in [0, 0.05) is 18.7 Å². The highest BCUT2D eigenvalue weighted by atomic mass is 19.1. The van der Waals surface area contributed by atoms with Crippen molar-refractivity contribution in [1.82, 2.24) is 5.32 Å². The minimum Gasteiger partial charge on any atom is -0.356 e. The van der Waals surface area contributed by atoms with E-state index in [-0.39, 0.29) is 11.7 Å². The zero-order valence-electron chi connectivity index (χ0n) is 7.25. The van der Waals surface area contributed by atoms with Gasteiger partial charge in [0.05, 0.1) is 0 Å². The van der Waals surface area contributed by atoms with Crippen molar-refractivity contribution in [2.75, 3.05) is 7.05 Å². The lowest BCUT2D eigenvalue weighted by molar-refractivity contribution is -0.115. The third-order valence-electron chi connectivity index (χ3n) is 1.57. The van der Waals surface area contributed by atoms with Crippen molar-refractivity contribution < 1.29 is 9.18 Å². The van der Waals surface area contributed by atoms with Gasteiger partial charge in [-0.25, -0.2) is 4.39 Å². The summed E-state index contributed by atoms with van der Waals surface area (Å²) < 4.78 is 13.0. The topological polar surface area (TPSA) is 29.1 Å². The summed E-state index contributed by atoms with van der Waals surface area (Å²) in [5, 5.41) is 2.41. The molecule has 0 spiro atoms. The Hall–Kier alpha value is -1.64. The van der Waals surface area contributed by atoms with E-state index >= 15 is 0 Å². The number of hydrogen-bond donors (Lipinski definition) is 1. The molecule has 0 saturated heterocycles. The molecule has 0 aliphatic rings. The SMILES string of the molecule is CNC(=O)/C=C\c1ccccc1F. The fourth-order valence-corrected chi connectivity index (χ4v) is 0.859. The molecule has 0 aliphatic heterocycles. The van der Waals surface area contributed by atoms with Crippen molar-refractivity contribution in [3.63, 3.8) is 0 Å². The van der Waals surface area contributed by atoms with Crippen LogP contribution in [-0.4, -0.2) is 13.0 Å². The highest BCUT2D eigenvalue weighted by Gasteiger charge is 1.95. The second-order valence-electron chi connectivity index (χ2n) is 2.47. The second-order valence-corrected chi connectivity index (χ2v) is 2.47. The van der Waals surface area contributed by atoms with E-state index in [0.29, 0.717) is 5.56 Å². The Labute approximate surface area is 76.1 Å². The summed E-state index contributed by atoms with van der Waals surface area (Å²) in [6.45, 7) is 0. The molecule has 13 heavy (non-hydrogen) atoms. The van der Waals surface area contributed by atoms with Gasteiger partial charge in [0.15, 0.2) is 0 Å². The lowest BCUT2D eigenvalue weighted by Gasteiger charge is -1.94. The number of halogens is 1. The second kappa shape index (κ2) is 4.40. The van der Waals surface area contributed by atoms with Crippen molar-refractivity contribution in [2.45, 2.75) is 0 Å². The Morgan fingerprint density at radius 3 is 2.77 bits per heavy atom. The van der Waals surface area contributed by atoms with Crippen LogP contribution in [0.25, 0.3) is 6.08 Å². The van der Waals surface area contributed by atoms with Crippen LogP contribution in [0.3, 0.4) is 0 Å². The molecule has 68 valence electrons. The maximum Gasteiger partial charge on any atom is 0.243 e. The number of nitrogens with one attached hydrogen (secondary N) is 1. The van der Waals surface area contributed by atoms with E-state index in [1.165, 1.54) is 25.3 Å². The first-order valence-electron chi connectivity index (χ1n) is 3.88. The van der Waals surface area contributed by atoms with Crippen LogP contribution < -0.4 is 5.32 Å². The van der Waals surface area contributed by atoms with Gasteiger partial charge in [-0.05, 0) is 12.1 Å². The average molecular weight is 179 g/mol. The van der Waals surface area contributed by atoms with Gasteiger partial charge < -0.3 is 5.32 Å². The molecule has 1 N–H and O–H groups in total. The molecule has 0 radical (unpaired) electrons. The van der Waals surface area contributed by atoms with Crippen LogP contribution in [0, 0.1) is 5.82 Å². The molecule has 0 aliphatic carbocycles. The molecule has 0 aromatic heterocycles. The molecule has 1 rings (SSSR count). The van der Waals surface area contributed by atoms with E-state index in [1.807, 2.05) is 0 Å². The Kier molecular flexibility index (Phi) is 3.20. The van der Waals surface area contributed by atoms with Crippen LogP contribution in [0.4, 0.5) is 4.39 Å². The summed E-state index contributed by atoms with van der Waals surface area (Å²) >= 11 is 0. The van der Waals surface area contributed by atoms with Gasteiger partial charge in [0.2, 0.25) is 5.91 Å². The largest absolute Gasteiger partial charge is 0.356 e. The first-order valence-corrected chi connectivity index (χ1v) is 3.88. The molecule has 0 heterocycles. The number of rotatable bonds is 2. The lowest BCUT2D eigenvalue weighted by atomic mass is 10.2. The van der Waals surface area contributed by atoms with Crippen molar-refractivity contribution >= 4 is 12.0 Å². The van der Waals surface area contributed by atoms with Crippen LogP contribution in [0.2, 0.25) is 0 Å². The van der Waals surface area contributed by atoms with Gasteiger partial charge in [-0.2, -0.15) is 0 Å². The molecule has 3 heteroatoms. The Balaban J connectivity index is 2.80. The average Bonchev–Trinajstić information content (AvgIpc) is 2.16. The Morgan fingerprint density at radius 2 is 2.15 bits per heavy atom. The third-order valence-corrected chi connectivity index (χ3v) is 1.57. The van der Waals surface area contributed by atoms with Crippen LogP contribution >= 0.6 is 0 Å². The molecule has 0 unspecified atom stereocenters. The van der Waals surface area contributed by atoms with Crippen LogP contribution in [0.5, 0.6) is 0 Å². The quantitative estimate of drug-likeness (QED) is 0.686. The van der Waals surface area contributed by atoms with E-state index < -0.39 is 0 Å². The predicted octanol–water partition coefficient (Wildman–Crippen LogP) is 1.58. The molecule has 1 aromatic carbocycles. The number of carbonyl (C=O) groups excluding carboxylic acids is 1. The number of amides is 1. The van der Waals surface area contributed by atoms with Gasteiger partial charge in [0.25, 0.3) is 0 Å². The van der Waals surface area contributed by atoms with Crippen molar-refractivity contribution in [3.8, 4) is 0 Å². The molecule has 0 saturated carbocycles. The standard InChI is InChI=1S/C10H10FNO/c1-12-10(13)7-6-8-4-2-3-5-9(8)11/h2-7H,1H3,(H,12,13)/b7-6-.